The highest BCUT2D eigenvalue weighted by Gasteiger charge is 1.97. The van der Waals surface area contributed by atoms with E-state index in [9.17, 15) is 0 Å². The van der Waals surface area contributed by atoms with Gasteiger partial charge in [0.15, 0.2) is 0 Å². The van der Waals surface area contributed by atoms with Crippen molar-refractivity contribution in [1.82, 2.24) is 0 Å². The summed E-state index contributed by atoms with van der Waals surface area (Å²) in [6.07, 6.45) is 3.59. The molecule has 0 radical (unpaired) electrons. The molecule has 2 nitrogen and oxygen atoms in total. The lowest BCUT2D eigenvalue weighted by atomic mass is 10.1. The van der Waals surface area contributed by atoms with Crippen molar-refractivity contribution in [2.24, 2.45) is 10.2 Å². The van der Waals surface area contributed by atoms with Crippen molar-refractivity contribution in [3.8, 4) is 0 Å². The molecule has 0 heterocycles. The Hall–Kier alpha value is -1.70. The zero-order chi connectivity index (χ0) is 11.9. The largest absolute Gasteiger partial charge is 0.189 e. The van der Waals surface area contributed by atoms with Crippen molar-refractivity contribution in [2.45, 2.75) is 26.2 Å². The van der Waals surface area contributed by atoms with Gasteiger partial charge in [-0.3, -0.25) is 0 Å². The van der Waals surface area contributed by atoms with Crippen LogP contribution in [-0.2, 0) is 0 Å². The second-order valence-corrected chi connectivity index (χ2v) is 4.17. The number of nitrogens with zero attached hydrogens (tertiary/aromatic N) is 2. The molecule has 2 aromatic carbocycles. The van der Waals surface area contributed by atoms with Crippen molar-refractivity contribution >= 4 is 16.5 Å². The smallest absolute Gasteiger partial charge is 0.0930 e. The summed E-state index contributed by atoms with van der Waals surface area (Å²) in [4.78, 5) is 0. The molecule has 0 atom stereocenters. The van der Waals surface area contributed by atoms with Crippen LogP contribution < -0.4 is 0 Å². The molecule has 0 saturated carbocycles. The quantitative estimate of drug-likeness (QED) is 0.499. The number of azo groups is 1. The second kappa shape index (κ2) is 6.14. The van der Waals surface area contributed by atoms with Crippen LogP contribution in [0.25, 0.3) is 10.8 Å². The van der Waals surface area contributed by atoms with Crippen LogP contribution in [-0.4, -0.2) is 6.54 Å². The van der Waals surface area contributed by atoms with Gasteiger partial charge < -0.3 is 0 Å². The molecule has 0 amide bonds. The average molecular weight is 226 g/mol. The van der Waals surface area contributed by atoms with Gasteiger partial charge in [0, 0.05) is 5.39 Å². The molecule has 0 fully saturated rings. The van der Waals surface area contributed by atoms with E-state index < -0.39 is 0 Å². The van der Waals surface area contributed by atoms with E-state index in [1.165, 1.54) is 23.6 Å². The first-order valence-electron chi connectivity index (χ1n) is 6.27. The van der Waals surface area contributed by atoms with Gasteiger partial charge in [-0.25, -0.2) is 0 Å². The van der Waals surface area contributed by atoms with Crippen LogP contribution in [0.5, 0.6) is 0 Å². The second-order valence-electron chi connectivity index (χ2n) is 4.17. The van der Waals surface area contributed by atoms with Crippen molar-refractivity contribution in [1.29, 1.82) is 0 Å². The van der Waals surface area contributed by atoms with Crippen LogP contribution in [0.4, 0.5) is 5.69 Å². The molecule has 17 heavy (non-hydrogen) atoms. The Balaban J connectivity index is 2.13. The first-order chi connectivity index (χ1) is 8.42. The van der Waals surface area contributed by atoms with Gasteiger partial charge in [0.25, 0.3) is 0 Å². The lowest BCUT2D eigenvalue weighted by molar-refractivity contribution is 0.713. The van der Waals surface area contributed by atoms with E-state index in [2.05, 4.69) is 35.4 Å². The fraction of sp³-hybridized carbons (Fsp3) is 0.333. The highest BCUT2D eigenvalue weighted by molar-refractivity contribution is 5.92. The van der Waals surface area contributed by atoms with E-state index in [0.29, 0.717) is 0 Å². The summed E-state index contributed by atoms with van der Waals surface area (Å²) >= 11 is 0. The van der Waals surface area contributed by atoms with Gasteiger partial charge in [-0.2, -0.15) is 10.2 Å². The number of unbranched alkanes of at least 4 members (excludes halogenated alkanes) is 2. The fourth-order valence-corrected chi connectivity index (χ4v) is 1.85. The van der Waals surface area contributed by atoms with Gasteiger partial charge in [-0.05, 0) is 17.9 Å². The van der Waals surface area contributed by atoms with Crippen LogP contribution in [0.1, 0.15) is 26.2 Å². The molecule has 2 rings (SSSR count). The lowest BCUT2D eigenvalue weighted by Crippen LogP contribution is -1.78. The minimum atomic E-state index is 0.830. The molecule has 0 N–H and O–H groups in total. The Bertz CT molecular complexity index is 498. The summed E-state index contributed by atoms with van der Waals surface area (Å²) < 4.78 is 0. The molecule has 0 saturated heterocycles. The zero-order valence-electron chi connectivity index (χ0n) is 10.3. The van der Waals surface area contributed by atoms with Gasteiger partial charge in [-0.15, -0.1) is 0 Å². The van der Waals surface area contributed by atoms with E-state index >= 15 is 0 Å². The van der Waals surface area contributed by atoms with Gasteiger partial charge in [0.05, 0.1) is 12.2 Å². The summed E-state index contributed by atoms with van der Waals surface area (Å²) in [5.41, 5.74) is 0.972. The minimum Gasteiger partial charge on any atom is -0.189 e. The van der Waals surface area contributed by atoms with Crippen molar-refractivity contribution in [3.05, 3.63) is 42.5 Å². The van der Waals surface area contributed by atoms with Gasteiger partial charge >= 0.3 is 0 Å². The van der Waals surface area contributed by atoms with Crippen LogP contribution in [0.15, 0.2) is 52.7 Å². The minimum absolute atomic E-state index is 0.830. The van der Waals surface area contributed by atoms with Crippen LogP contribution >= 0.6 is 0 Å². The van der Waals surface area contributed by atoms with E-state index in [4.69, 9.17) is 0 Å². The predicted molar refractivity (Wildman–Crippen MR) is 72.9 cm³/mol. The molecule has 0 aliphatic rings. The third kappa shape index (κ3) is 3.13. The maximum Gasteiger partial charge on any atom is 0.0930 e. The molecule has 0 unspecified atom stereocenters. The molecule has 88 valence electrons. The Kier molecular flexibility index (Phi) is 4.25. The predicted octanol–water partition coefficient (Wildman–Crippen LogP) is 5.11. The topological polar surface area (TPSA) is 24.7 Å². The summed E-state index contributed by atoms with van der Waals surface area (Å²) in [6, 6.07) is 14.4. The maximum atomic E-state index is 4.33. The average Bonchev–Trinajstić information content (AvgIpc) is 2.39. The van der Waals surface area contributed by atoms with E-state index in [-0.39, 0.29) is 0 Å². The molecule has 2 aromatic rings. The van der Waals surface area contributed by atoms with Crippen LogP contribution in [0.2, 0.25) is 0 Å². The first kappa shape index (κ1) is 11.8. The van der Waals surface area contributed by atoms with Gasteiger partial charge in [0.1, 0.15) is 0 Å². The Labute approximate surface area is 102 Å². The summed E-state index contributed by atoms with van der Waals surface area (Å²) in [6.45, 7) is 3.03. The van der Waals surface area contributed by atoms with Gasteiger partial charge in [-0.1, -0.05) is 56.2 Å². The van der Waals surface area contributed by atoms with Crippen molar-refractivity contribution in [3.63, 3.8) is 0 Å². The monoisotopic (exact) mass is 226 g/mol. The zero-order valence-corrected chi connectivity index (χ0v) is 10.3. The van der Waals surface area contributed by atoms with E-state index in [1.54, 1.807) is 0 Å². The van der Waals surface area contributed by atoms with Gasteiger partial charge in [0.2, 0.25) is 0 Å². The molecule has 2 heteroatoms. The number of fused-ring (bicyclic) bond motifs is 1. The maximum absolute atomic E-state index is 4.33. The molecule has 0 aliphatic heterocycles. The number of rotatable bonds is 5. The van der Waals surface area contributed by atoms with Crippen molar-refractivity contribution < 1.29 is 0 Å². The standard InChI is InChI=1S/C15H18N2/c1-2-3-6-12-16-17-15-11-7-9-13-8-4-5-10-14(13)15/h4-5,7-11H,2-3,6,12H2,1H3/b17-16+. The summed E-state index contributed by atoms with van der Waals surface area (Å²) in [5, 5.41) is 11.0. The van der Waals surface area contributed by atoms with Crippen molar-refractivity contribution in [2.75, 3.05) is 6.54 Å². The number of hydrogen-bond donors (Lipinski definition) is 0. The third-order valence-electron chi connectivity index (χ3n) is 2.81. The Morgan fingerprint density at radius 3 is 2.65 bits per heavy atom. The highest BCUT2D eigenvalue weighted by atomic mass is 15.1. The van der Waals surface area contributed by atoms with E-state index in [1.807, 2.05) is 24.3 Å². The SMILES string of the molecule is CCCCC/N=N/c1cccc2ccccc12. The third-order valence-corrected chi connectivity index (χ3v) is 2.81. The fourth-order valence-electron chi connectivity index (χ4n) is 1.85. The molecule has 0 bridgehead atoms. The molecule has 0 aliphatic carbocycles. The summed E-state index contributed by atoms with van der Waals surface area (Å²) in [5.74, 6) is 0. The first-order valence-corrected chi connectivity index (χ1v) is 6.27. The molecular formula is C15H18N2. The summed E-state index contributed by atoms with van der Waals surface area (Å²) in [7, 11) is 0. The molecule has 0 aromatic heterocycles. The van der Waals surface area contributed by atoms with E-state index in [0.717, 1.165) is 18.7 Å². The molecular weight excluding hydrogens is 208 g/mol. The van der Waals surface area contributed by atoms with Crippen LogP contribution in [0, 0.1) is 0 Å². The number of benzene rings is 2. The molecule has 0 spiro atoms. The number of hydrogen-bond acceptors (Lipinski definition) is 2. The lowest BCUT2D eigenvalue weighted by Gasteiger charge is -2.00. The Morgan fingerprint density at radius 2 is 1.76 bits per heavy atom. The highest BCUT2D eigenvalue weighted by Crippen LogP contribution is 2.25. The van der Waals surface area contributed by atoms with Crippen LogP contribution in [0.3, 0.4) is 0 Å². The normalized spacial score (nSPS) is 11.4. The Morgan fingerprint density at radius 1 is 0.941 bits per heavy atom.